The zero-order chi connectivity index (χ0) is 10.5. The summed E-state index contributed by atoms with van der Waals surface area (Å²) in [6.07, 6.45) is 3.61. The van der Waals surface area contributed by atoms with Gasteiger partial charge in [0.2, 0.25) is 0 Å². The van der Waals surface area contributed by atoms with Crippen molar-refractivity contribution in [1.82, 2.24) is 9.78 Å². The fourth-order valence-corrected chi connectivity index (χ4v) is 0.770. The second kappa shape index (κ2) is 4.66. The molecule has 0 N–H and O–H groups in total. The molecule has 1 rings (SSSR count). The maximum absolute atomic E-state index is 8.75. The van der Waals surface area contributed by atoms with Gasteiger partial charge < -0.3 is 0 Å². The lowest BCUT2D eigenvalue weighted by atomic mass is 10.1. The smallest absolute Gasteiger partial charge is 0.143 e. The minimum Gasteiger partial charge on any atom is -0.253 e. The second-order valence-corrected chi connectivity index (χ2v) is 3.13. The number of rotatable bonds is 1. The van der Waals surface area contributed by atoms with Gasteiger partial charge in [0.05, 0.1) is 12.3 Å². The van der Waals surface area contributed by atoms with E-state index in [4.69, 9.17) is 5.26 Å². The van der Waals surface area contributed by atoms with Gasteiger partial charge in [0.1, 0.15) is 5.54 Å². The highest BCUT2D eigenvalue weighted by atomic mass is 15.3. The van der Waals surface area contributed by atoms with Gasteiger partial charge in [0.15, 0.2) is 0 Å². The van der Waals surface area contributed by atoms with Crippen LogP contribution < -0.4 is 0 Å². The van der Waals surface area contributed by atoms with Crippen LogP contribution in [0.2, 0.25) is 0 Å². The first-order chi connectivity index (χ1) is 6.06. The molecular weight excluding hydrogens is 162 g/mol. The van der Waals surface area contributed by atoms with Gasteiger partial charge in [-0.15, -0.1) is 0 Å². The fourth-order valence-electron chi connectivity index (χ4n) is 0.770. The van der Waals surface area contributed by atoms with Gasteiger partial charge in [0.25, 0.3) is 0 Å². The average Bonchev–Trinajstić information content (AvgIpc) is 2.56. The van der Waals surface area contributed by atoms with Gasteiger partial charge in [-0.25, -0.2) is 0 Å². The van der Waals surface area contributed by atoms with Gasteiger partial charge in [-0.1, -0.05) is 13.8 Å². The van der Waals surface area contributed by atoms with E-state index in [1.807, 2.05) is 40.8 Å². The maximum atomic E-state index is 8.75. The van der Waals surface area contributed by atoms with Crippen molar-refractivity contribution in [3.8, 4) is 6.07 Å². The Morgan fingerprint density at radius 1 is 1.46 bits per heavy atom. The Labute approximate surface area is 80.0 Å². The number of nitrogens with zero attached hydrogens (tertiary/aromatic N) is 3. The number of aryl methyl sites for hydroxylation is 1. The van der Waals surface area contributed by atoms with E-state index >= 15 is 0 Å². The molecular formula is C10H17N3. The lowest BCUT2D eigenvalue weighted by Crippen LogP contribution is -2.24. The number of hydrogen-bond acceptors (Lipinski definition) is 2. The van der Waals surface area contributed by atoms with Crippen LogP contribution in [0.4, 0.5) is 0 Å². The number of hydrogen-bond donors (Lipinski definition) is 0. The lowest BCUT2D eigenvalue weighted by molar-refractivity contribution is 0.418. The molecule has 0 amide bonds. The summed E-state index contributed by atoms with van der Waals surface area (Å²) in [5, 5.41) is 12.8. The fraction of sp³-hybridized carbons (Fsp3) is 0.600. The van der Waals surface area contributed by atoms with Gasteiger partial charge >= 0.3 is 0 Å². The van der Waals surface area contributed by atoms with Gasteiger partial charge in [-0.2, -0.15) is 10.4 Å². The summed E-state index contributed by atoms with van der Waals surface area (Å²) in [6, 6.07) is 2.17. The molecule has 72 valence electrons. The van der Waals surface area contributed by atoms with E-state index in [1.165, 1.54) is 0 Å². The molecule has 1 aromatic heterocycles. The van der Waals surface area contributed by atoms with Gasteiger partial charge in [0, 0.05) is 6.20 Å². The molecule has 0 atom stereocenters. The van der Waals surface area contributed by atoms with E-state index in [9.17, 15) is 0 Å². The Balaban J connectivity index is 0.000000671. The predicted octanol–water partition coefficient (Wildman–Crippen LogP) is 2.48. The minimum absolute atomic E-state index is 0.533. The van der Waals surface area contributed by atoms with E-state index in [0.29, 0.717) is 0 Å². The van der Waals surface area contributed by atoms with Crippen LogP contribution in [0.15, 0.2) is 12.4 Å². The zero-order valence-electron chi connectivity index (χ0n) is 9.00. The average molecular weight is 179 g/mol. The van der Waals surface area contributed by atoms with E-state index in [0.717, 1.165) is 5.56 Å². The van der Waals surface area contributed by atoms with Crippen LogP contribution in [0.5, 0.6) is 0 Å². The molecule has 1 aromatic rings. The van der Waals surface area contributed by atoms with Crippen LogP contribution in [-0.4, -0.2) is 9.78 Å². The van der Waals surface area contributed by atoms with Crippen molar-refractivity contribution in [2.75, 3.05) is 0 Å². The van der Waals surface area contributed by atoms with E-state index < -0.39 is 5.54 Å². The Bertz CT molecular complexity index is 291. The van der Waals surface area contributed by atoms with Crippen molar-refractivity contribution in [3.63, 3.8) is 0 Å². The Morgan fingerprint density at radius 3 is 2.31 bits per heavy atom. The molecule has 0 bridgehead atoms. The van der Waals surface area contributed by atoms with Crippen molar-refractivity contribution in [2.24, 2.45) is 0 Å². The van der Waals surface area contributed by atoms with Crippen LogP contribution in [0.25, 0.3) is 0 Å². The summed E-state index contributed by atoms with van der Waals surface area (Å²) in [5.41, 5.74) is 0.544. The summed E-state index contributed by atoms with van der Waals surface area (Å²) >= 11 is 0. The summed E-state index contributed by atoms with van der Waals surface area (Å²) in [5.74, 6) is 0. The molecule has 3 nitrogen and oxygen atoms in total. The Morgan fingerprint density at radius 2 is 2.00 bits per heavy atom. The standard InChI is InChI=1S/C8H11N3.C2H6/c1-7-4-10-11(5-7)8(2,3)6-9;1-2/h4-5H,1-3H3;1-2H3. The first kappa shape index (κ1) is 11.7. The molecule has 3 heteroatoms. The van der Waals surface area contributed by atoms with Crippen molar-refractivity contribution < 1.29 is 0 Å². The molecule has 0 fully saturated rings. The molecule has 0 aromatic carbocycles. The van der Waals surface area contributed by atoms with Crippen molar-refractivity contribution in [3.05, 3.63) is 18.0 Å². The third kappa shape index (κ3) is 2.90. The van der Waals surface area contributed by atoms with Crippen molar-refractivity contribution in [1.29, 1.82) is 5.26 Å². The highest BCUT2D eigenvalue weighted by Crippen LogP contribution is 2.12. The quantitative estimate of drug-likeness (QED) is 0.664. The molecule has 0 saturated heterocycles. The summed E-state index contributed by atoms with van der Waals surface area (Å²) in [6.45, 7) is 9.62. The SMILES string of the molecule is CC.Cc1cnn(C(C)(C)C#N)c1. The lowest BCUT2D eigenvalue weighted by Gasteiger charge is -2.14. The van der Waals surface area contributed by atoms with Crippen molar-refractivity contribution in [2.45, 2.75) is 40.2 Å². The monoisotopic (exact) mass is 179 g/mol. The second-order valence-electron chi connectivity index (χ2n) is 3.13. The molecule has 0 unspecified atom stereocenters. The first-order valence-electron chi connectivity index (χ1n) is 4.49. The van der Waals surface area contributed by atoms with Gasteiger partial charge in [-0.3, -0.25) is 4.68 Å². The van der Waals surface area contributed by atoms with E-state index in [-0.39, 0.29) is 0 Å². The van der Waals surface area contributed by atoms with E-state index in [2.05, 4.69) is 11.2 Å². The normalized spacial score (nSPS) is 9.85. The Kier molecular flexibility index (Phi) is 4.19. The third-order valence-electron chi connectivity index (χ3n) is 1.56. The topological polar surface area (TPSA) is 41.6 Å². The van der Waals surface area contributed by atoms with Crippen LogP contribution >= 0.6 is 0 Å². The number of aromatic nitrogens is 2. The highest BCUT2D eigenvalue weighted by Gasteiger charge is 2.18. The molecule has 0 aliphatic heterocycles. The van der Waals surface area contributed by atoms with Crippen LogP contribution in [0.1, 0.15) is 33.3 Å². The third-order valence-corrected chi connectivity index (χ3v) is 1.56. The first-order valence-corrected chi connectivity index (χ1v) is 4.49. The Hall–Kier alpha value is -1.30. The molecule has 0 aliphatic rings. The van der Waals surface area contributed by atoms with E-state index in [1.54, 1.807) is 10.9 Å². The molecule has 0 saturated carbocycles. The zero-order valence-corrected chi connectivity index (χ0v) is 9.00. The molecule has 13 heavy (non-hydrogen) atoms. The predicted molar refractivity (Wildman–Crippen MR) is 53.2 cm³/mol. The van der Waals surface area contributed by atoms with Crippen LogP contribution in [0, 0.1) is 18.3 Å². The minimum atomic E-state index is -0.533. The molecule has 0 aliphatic carbocycles. The molecule has 0 radical (unpaired) electrons. The van der Waals surface area contributed by atoms with Gasteiger partial charge in [-0.05, 0) is 26.3 Å². The van der Waals surface area contributed by atoms with Crippen molar-refractivity contribution >= 4 is 0 Å². The maximum Gasteiger partial charge on any atom is 0.143 e. The van der Waals surface area contributed by atoms with Crippen LogP contribution in [0.3, 0.4) is 0 Å². The summed E-state index contributed by atoms with van der Waals surface area (Å²) in [4.78, 5) is 0. The number of nitriles is 1. The summed E-state index contributed by atoms with van der Waals surface area (Å²) < 4.78 is 1.67. The van der Waals surface area contributed by atoms with Crippen LogP contribution in [-0.2, 0) is 5.54 Å². The largest absolute Gasteiger partial charge is 0.253 e. The summed E-state index contributed by atoms with van der Waals surface area (Å²) in [7, 11) is 0. The molecule has 1 heterocycles. The molecule has 0 spiro atoms. The highest BCUT2D eigenvalue weighted by molar-refractivity contribution is 5.06.